The summed E-state index contributed by atoms with van der Waals surface area (Å²) in [7, 11) is 0. The maximum atomic E-state index is 12.1. The lowest BCUT2D eigenvalue weighted by atomic mass is 9.85. The molecule has 4 nitrogen and oxygen atoms in total. The van der Waals surface area contributed by atoms with Gasteiger partial charge in [0.25, 0.3) is 0 Å². The molecule has 0 aromatic heterocycles. The molecular weight excluding hydrogens is 288 g/mol. The number of benzene rings is 1. The molecular formula is C19H30N2O2. The first kappa shape index (κ1) is 17.8. The fraction of sp³-hybridized carbons (Fsp3) is 0.632. The van der Waals surface area contributed by atoms with Gasteiger partial charge in [-0.1, -0.05) is 36.8 Å². The van der Waals surface area contributed by atoms with Crippen LogP contribution >= 0.6 is 0 Å². The second kappa shape index (κ2) is 8.34. The van der Waals surface area contributed by atoms with E-state index in [1.165, 1.54) is 19.3 Å². The average Bonchev–Trinajstić information content (AvgIpc) is 2.43. The number of carbonyl (C=O) groups excluding carboxylic acids is 1. The first-order valence-corrected chi connectivity index (χ1v) is 8.69. The standard InChI is InChI=1S/C19H30N2O2/c1-19(2,3)23-18(22)21-17(16-10-5-4-6-11-16)12-13-20-14-15-8-7-9-15/h4-6,10-11,15,17,20H,7-9,12-14H2,1-3H3,(H,21,22). The zero-order valence-electron chi connectivity index (χ0n) is 14.6. The lowest BCUT2D eigenvalue weighted by Gasteiger charge is -2.27. The summed E-state index contributed by atoms with van der Waals surface area (Å²) in [4.78, 5) is 12.1. The largest absolute Gasteiger partial charge is 0.444 e. The van der Waals surface area contributed by atoms with E-state index < -0.39 is 5.60 Å². The van der Waals surface area contributed by atoms with Crippen LogP contribution in [0.1, 0.15) is 58.1 Å². The Labute approximate surface area is 140 Å². The van der Waals surface area contributed by atoms with Gasteiger partial charge in [-0.3, -0.25) is 0 Å². The van der Waals surface area contributed by atoms with Gasteiger partial charge in [0.2, 0.25) is 0 Å². The summed E-state index contributed by atoms with van der Waals surface area (Å²) < 4.78 is 5.39. The molecule has 1 amide bonds. The van der Waals surface area contributed by atoms with E-state index in [0.29, 0.717) is 0 Å². The fourth-order valence-corrected chi connectivity index (χ4v) is 2.71. The number of hydrogen-bond donors (Lipinski definition) is 2. The van der Waals surface area contributed by atoms with Crippen LogP contribution < -0.4 is 10.6 Å². The molecule has 23 heavy (non-hydrogen) atoms. The molecule has 1 aliphatic carbocycles. The summed E-state index contributed by atoms with van der Waals surface area (Å²) in [5.41, 5.74) is 0.636. The molecule has 0 aliphatic heterocycles. The third-order valence-corrected chi connectivity index (χ3v) is 4.16. The van der Waals surface area contributed by atoms with Gasteiger partial charge >= 0.3 is 6.09 Å². The van der Waals surface area contributed by atoms with Crippen LogP contribution in [0, 0.1) is 5.92 Å². The third kappa shape index (κ3) is 6.61. The van der Waals surface area contributed by atoms with Crippen molar-refractivity contribution < 1.29 is 9.53 Å². The Balaban J connectivity index is 1.85. The maximum Gasteiger partial charge on any atom is 0.408 e. The predicted octanol–water partition coefficient (Wildman–Crippen LogP) is 4.03. The molecule has 128 valence electrons. The van der Waals surface area contributed by atoms with Gasteiger partial charge in [-0.15, -0.1) is 0 Å². The van der Waals surface area contributed by atoms with E-state index in [0.717, 1.165) is 31.0 Å². The molecule has 4 heteroatoms. The van der Waals surface area contributed by atoms with Gasteiger partial charge in [-0.25, -0.2) is 4.79 Å². The monoisotopic (exact) mass is 318 g/mol. The van der Waals surface area contributed by atoms with Crippen molar-refractivity contribution in [3.8, 4) is 0 Å². The minimum atomic E-state index is -0.478. The van der Waals surface area contributed by atoms with Crippen LogP contribution in [0.2, 0.25) is 0 Å². The third-order valence-electron chi connectivity index (χ3n) is 4.16. The summed E-state index contributed by atoms with van der Waals surface area (Å²) in [6.07, 6.45) is 4.58. The number of alkyl carbamates (subject to hydrolysis) is 1. The van der Waals surface area contributed by atoms with E-state index in [1.54, 1.807) is 0 Å². The Kier molecular flexibility index (Phi) is 6.46. The van der Waals surface area contributed by atoms with E-state index in [1.807, 2.05) is 51.1 Å². The minimum Gasteiger partial charge on any atom is -0.444 e. The van der Waals surface area contributed by atoms with E-state index in [2.05, 4.69) is 10.6 Å². The topological polar surface area (TPSA) is 50.4 Å². The summed E-state index contributed by atoms with van der Waals surface area (Å²) in [6.45, 7) is 7.62. The van der Waals surface area contributed by atoms with Crippen LogP contribution in [0.5, 0.6) is 0 Å². The molecule has 2 N–H and O–H groups in total. The van der Waals surface area contributed by atoms with Crippen molar-refractivity contribution in [2.24, 2.45) is 5.92 Å². The Bertz CT molecular complexity index is 478. The number of rotatable bonds is 7. The number of nitrogens with one attached hydrogen (secondary N) is 2. The molecule has 1 aromatic carbocycles. The van der Waals surface area contributed by atoms with Gasteiger partial charge in [-0.05, 0) is 64.6 Å². The van der Waals surface area contributed by atoms with Gasteiger partial charge in [0, 0.05) is 0 Å². The lowest BCUT2D eigenvalue weighted by molar-refractivity contribution is 0.0501. The van der Waals surface area contributed by atoms with E-state index in [-0.39, 0.29) is 12.1 Å². The highest BCUT2D eigenvalue weighted by atomic mass is 16.6. The molecule has 1 saturated carbocycles. The van der Waals surface area contributed by atoms with Crippen LogP contribution in [-0.4, -0.2) is 24.8 Å². The van der Waals surface area contributed by atoms with Gasteiger partial charge in [0.05, 0.1) is 6.04 Å². The van der Waals surface area contributed by atoms with Gasteiger partial charge in [0.15, 0.2) is 0 Å². The quantitative estimate of drug-likeness (QED) is 0.746. The molecule has 1 atom stereocenters. The molecule has 1 aromatic rings. The Morgan fingerprint density at radius 2 is 1.96 bits per heavy atom. The minimum absolute atomic E-state index is 0.0278. The highest BCUT2D eigenvalue weighted by molar-refractivity contribution is 5.68. The zero-order chi connectivity index (χ0) is 16.7. The molecule has 0 saturated heterocycles. The Morgan fingerprint density at radius 1 is 1.26 bits per heavy atom. The fourth-order valence-electron chi connectivity index (χ4n) is 2.71. The molecule has 2 rings (SSSR count). The number of hydrogen-bond acceptors (Lipinski definition) is 3. The molecule has 0 bridgehead atoms. The van der Waals surface area contributed by atoms with E-state index in [4.69, 9.17) is 4.74 Å². The molecule has 0 spiro atoms. The van der Waals surface area contributed by atoms with Crippen LogP contribution in [0.15, 0.2) is 30.3 Å². The smallest absolute Gasteiger partial charge is 0.408 e. The second-order valence-electron chi connectivity index (χ2n) is 7.40. The summed E-state index contributed by atoms with van der Waals surface area (Å²) >= 11 is 0. The Hall–Kier alpha value is -1.55. The van der Waals surface area contributed by atoms with E-state index in [9.17, 15) is 4.79 Å². The highest BCUT2D eigenvalue weighted by Crippen LogP contribution is 2.25. The summed E-state index contributed by atoms with van der Waals surface area (Å²) in [5, 5.41) is 6.52. The molecule has 1 aliphatic rings. The number of carbonyl (C=O) groups is 1. The van der Waals surface area contributed by atoms with Crippen molar-refractivity contribution in [2.75, 3.05) is 13.1 Å². The summed E-state index contributed by atoms with van der Waals surface area (Å²) in [6, 6.07) is 10.1. The van der Waals surface area contributed by atoms with Crippen molar-refractivity contribution in [3.63, 3.8) is 0 Å². The molecule has 1 fully saturated rings. The zero-order valence-corrected chi connectivity index (χ0v) is 14.6. The van der Waals surface area contributed by atoms with Crippen LogP contribution in [-0.2, 0) is 4.74 Å². The predicted molar refractivity (Wildman–Crippen MR) is 93.4 cm³/mol. The molecule has 0 radical (unpaired) electrons. The van der Waals surface area contributed by atoms with Crippen molar-refractivity contribution in [2.45, 2.75) is 58.1 Å². The van der Waals surface area contributed by atoms with Crippen LogP contribution in [0.25, 0.3) is 0 Å². The van der Waals surface area contributed by atoms with E-state index >= 15 is 0 Å². The average molecular weight is 318 g/mol. The highest BCUT2D eigenvalue weighted by Gasteiger charge is 2.21. The first-order valence-electron chi connectivity index (χ1n) is 8.69. The number of amides is 1. The second-order valence-corrected chi connectivity index (χ2v) is 7.40. The summed E-state index contributed by atoms with van der Waals surface area (Å²) in [5.74, 6) is 0.851. The van der Waals surface area contributed by atoms with Crippen molar-refractivity contribution >= 4 is 6.09 Å². The van der Waals surface area contributed by atoms with Gasteiger partial charge in [0.1, 0.15) is 5.60 Å². The lowest BCUT2D eigenvalue weighted by Crippen LogP contribution is -2.36. The maximum absolute atomic E-state index is 12.1. The van der Waals surface area contributed by atoms with Crippen LogP contribution in [0.3, 0.4) is 0 Å². The molecule has 0 heterocycles. The first-order chi connectivity index (χ1) is 10.9. The molecule has 1 unspecified atom stereocenters. The van der Waals surface area contributed by atoms with Crippen molar-refractivity contribution in [1.82, 2.24) is 10.6 Å². The van der Waals surface area contributed by atoms with Crippen molar-refractivity contribution in [3.05, 3.63) is 35.9 Å². The van der Waals surface area contributed by atoms with Crippen LogP contribution in [0.4, 0.5) is 4.79 Å². The Morgan fingerprint density at radius 3 is 2.52 bits per heavy atom. The van der Waals surface area contributed by atoms with Gasteiger partial charge < -0.3 is 15.4 Å². The SMILES string of the molecule is CC(C)(C)OC(=O)NC(CCNCC1CCC1)c1ccccc1. The number of ether oxygens (including phenoxy) is 1. The normalized spacial score (nSPS) is 16.5. The van der Waals surface area contributed by atoms with Gasteiger partial charge in [-0.2, -0.15) is 0 Å². The van der Waals surface area contributed by atoms with Crippen molar-refractivity contribution in [1.29, 1.82) is 0 Å².